The summed E-state index contributed by atoms with van der Waals surface area (Å²) >= 11 is 0. The van der Waals surface area contributed by atoms with E-state index in [4.69, 9.17) is 10.2 Å². The third-order valence-electron chi connectivity index (χ3n) is 0.682. The Kier molecular flexibility index (Phi) is 63.6. The Balaban J connectivity index is -0.0000000182. The van der Waals surface area contributed by atoms with Crippen LogP contribution in [0.4, 0.5) is 0 Å². The number of aliphatic hydroxyl groups is 2. The summed E-state index contributed by atoms with van der Waals surface area (Å²) in [6.07, 6.45) is -2.69. The molecule has 17 heavy (non-hydrogen) atoms. The number of carbonyl (C=O) groups is 2. The first-order valence-electron chi connectivity index (χ1n) is 3.06. The molecule has 0 bridgehead atoms. The predicted molar refractivity (Wildman–Crippen MR) is 47.8 cm³/mol. The number of carbonyl (C=O) groups excluding carboxylic acids is 2. The summed E-state index contributed by atoms with van der Waals surface area (Å²) < 4.78 is 0. The van der Waals surface area contributed by atoms with Crippen molar-refractivity contribution in [2.75, 3.05) is 0 Å². The van der Waals surface area contributed by atoms with Crippen LogP contribution in [0.5, 0.6) is 0 Å². The molecular weight excluding hydrogens is 288 g/mol. The summed E-state index contributed by atoms with van der Waals surface area (Å²) in [5.74, 6) is -2.87. The van der Waals surface area contributed by atoms with Crippen molar-refractivity contribution < 1.29 is 69.0 Å². The Bertz CT molecular complexity index is 141. The normalized spacial score (nSPS) is 9.65. The predicted octanol–water partition coefficient (Wildman–Crippen LogP) is -7.07. The van der Waals surface area contributed by atoms with Crippen molar-refractivity contribution in [3.8, 4) is 0 Å². The van der Waals surface area contributed by atoms with Gasteiger partial charge < -0.3 is 51.9 Å². The zero-order valence-corrected chi connectivity index (χ0v) is 10.1. The van der Waals surface area contributed by atoms with Crippen LogP contribution in [0.25, 0.3) is 0 Å². The molecule has 0 saturated carbocycles. The maximum Gasteiger partial charge on any atom is 2.00 e. The van der Waals surface area contributed by atoms with Crippen molar-refractivity contribution in [1.82, 2.24) is 0 Å². The van der Waals surface area contributed by atoms with E-state index in [2.05, 4.69) is 0 Å². The van der Waals surface area contributed by atoms with E-state index in [0.717, 1.165) is 13.8 Å². The second-order valence-electron chi connectivity index (χ2n) is 1.99. The zero-order valence-electron chi connectivity index (χ0n) is 9.04. The minimum Gasteiger partial charge on any atom is -0.547 e. The van der Waals surface area contributed by atoms with Gasteiger partial charge in [0.2, 0.25) is 0 Å². The van der Waals surface area contributed by atoms with Gasteiger partial charge >= 0.3 is 17.1 Å². The Morgan fingerprint density at radius 2 is 0.882 bits per heavy atom. The van der Waals surface area contributed by atoms with Crippen molar-refractivity contribution in [2.45, 2.75) is 26.1 Å². The molecule has 0 fully saturated rings. The summed E-state index contributed by atoms with van der Waals surface area (Å²) in [6, 6.07) is 0. The van der Waals surface area contributed by atoms with Crippen LogP contribution in [0.3, 0.4) is 0 Å². The fourth-order valence-electron chi connectivity index (χ4n) is 0. The molecule has 2 unspecified atom stereocenters. The van der Waals surface area contributed by atoms with E-state index in [-0.39, 0.29) is 39.0 Å². The summed E-state index contributed by atoms with van der Waals surface area (Å²) in [6.45, 7) is 2.27. The summed E-state index contributed by atoms with van der Waals surface area (Å²) in [5.41, 5.74) is 0. The van der Waals surface area contributed by atoms with Crippen LogP contribution in [0.1, 0.15) is 13.8 Å². The SMILES string of the molecule is CC(O)C(=O)[O-].CC(O)C(=O)[O-].O.O.O.O.[Fe+2]. The smallest absolute Gasteiger partial charge is 0.547 e. The molecule has 10 nitrogen and oxygen atoms in total. The van der Waals surface area contributed by atoms with Crippen LogP contribution in [0, 0.1) is 0 Å². The van der Waals surface area contributed by atoms with Gasteiger partial charge in [-0.3, -0.25) is 0 Å². The van der Waals surface area contributed by atoms with E-state index in [1.807, 2.05) is 0 Å². The minimum absolute atomic E-state index is 0. The van der Waals surface area contributed by atoms with E-state index in [1.54, 1.807) is 0 Å². The third kappa shape index (κ3) is 51.0. The van der Waals surface area contributed by atoms with Crippen LogP contribution in [-0.2, 0) is 26.7 Å². The van der Waals surface area contributed by atoms with Gasteiger partial charge in [-0.05, 0) is 13.8 Å². The fraction of sp³-hybridized carbons (Fsp3) is 0.667. The van der Waals surface area contributed by atoms with Crippen molar-refractivity contribution >= 4 is 11.9 Å². The van der Waals surface area contributed by atoms with E-state index < -0.39 is 24.1 Å². The van der Waals surface area contributed by atoms with E-state index >= 15 is 0 Å². The van der Waals surface area contributed by atoms with Gasteiger partial charge in [0.15, 0.2) is 0 Å². The molecule has 0 aromatic heterocycles. The maximum atomic E-state index is 9.34. The van der Waals surface area contributed by atoms with Crippen LogP contribution in [0.15, 0.2) is 0 Å². The van der Waals surface area contributed by atoms with E-state index in [0.29, 0.717) is 0 Å². The second kappa shape index (κ2) is 24.4. The van der Waals surface area contributed by atoms with Crippen LogP contribution >= 0.6 is 0 Å². The van der Waals surface area contributed by atoms with Crippen molar-refractivity contribution in [1.29, 1.82) is 0 Å². The van der Waals surface area contributed by atoms with Gasteiger partial charge in [-0.2, -0.15) is 0 Å². The van der Waals surface area contributed by atoms with Crippen LogP contribution in [0.2, 0.25) is 0 Å². The summed E-state index contributed by atoms with van der Waals surface area (Å²) in [5, 5.41) is 34.6. The molecule has 110 valence electrons. The summed E-state index contributed by atoms with van der Waals surface area (Å²) in [4.78, 5) is 18.7. The molecule has 0 amide bonds. The number of hydrogen-bond acceptors (Lipinski definition) is 6. The van der Waals surface area contributed by atoms with Crippen LogP contribution < -0.4 is 10.2 Å². The fourth-order valence-corrected chi connectivity index (χ4v) is 0. The number of hydrogen-bond donors (Lipinski definition) is 2. The minimum atomic E-state index is -1.44. The molecule has 0 radical (unpaired) electrons. The van der Waals surface area contributed by atoms with E-state index in [1.165, 1.54) is 0 Å². The largest absolute Gasteiger partial charge is 2.00 e. The Hall–Kier alpha value is -0.781. The maximum absolute atomic E-state index is 9.34. The molecule has 0 rings (SSSR count). The standard InChI is InChI=1S/2C3H6O3.Fe.4H2O/c2*1-2(4)3(5)6;;;;;/h2*2,4H,1H3,(H,5,6);;4*1H2/q;;+2;;;;/p-2. The Labute approximate surface area is 108 Å². The zero-order chi connectivity index (χ0) is 10.3. The molecule has 10 N–H and O–H groups in total. The van der Waals surface area contributed by atoms with Gasteiger partial charge in [-0.25, -0.2) is 0 Å². The molecule has 0 aliphatic carbocycles. The number of carboxylic acids is 2. The third-order valence-corrected chi connectivity index (χ3v) is 0.682. The van der Waals surface area contributed by atoms with Crippen LogP contribution in [-0.4, -0.2) is 56.3 Å². The van der Waals surface area contributed by atoms with Gasteiger partial charge in [-0.15, -0.1) is 0 Å². The van der Waals surface area contributed by atoms with Gasteiger partial charge in [0.1, 0.15) is 0 Å². The van der Waals surface area contributed by atoms with E-state index in [9.17, 15) is 19.8 Å². The average molecular weight is 306 g/mol. The molecule has 0 heterocycles. The first kappa shape index (κ1) is 44.2. The molecule has 11 heteroatoms. The molecule has 0 saturated heterocycles. The molecule has 0 aliphatic heterocycles. The van der Waals surface area contributed by atoms with Gasteiger partial charge in [0.25, 0.3) is 0 Å². The van der Waals surface area contributed by atoms with Gasteiger partial charge in [0, 0.05) is 0 Å². The first-order chi connectivity index (χ1) is 5.29. The number of aliphatic hydroxyl groups excluding tert-OH is 2. The molecule has 0 spiro atoms. The Morgan fingerprint density at radius 3 is 0.882 bits per heavy atom. The first-order valence-corrected chi connectivity index (χ1v) is 3.06. The van der Waals surface area contributed by atoms with Crippen molar-refractivity contribution in [3.63, 3.8) is 0 Å². The summed E-state index contributed by atoms with van der Waals surface area (Å²) in [7, 11) is 0. The van der Waals surface area contributed by atoms with Gasteiger partial charge in [-0.1, -0.05) is 0 Å². The Morgan fingerprint density at radius 1 is 0.824 bits per heavy atom. The molecule has 0 aromatic carbocycles. The monoisotopic (exact) mass is 306 g/mol. The molecular formula is C6H18FeO10. The topological polar surface area (TPSA) is 247 Å². The number of carboxylic acid groups (broad SMARTS) is 2. The molecule has 2 atom stereocenters. The average Bonchev–Trinajstić information content (AvgIpc) is 1.88. The van der Waals surface area contributed by atoms with Gasteiger partial charge in [0.05, 0.1) is 24.1 Å². The molecule has 0 aromatic rings. The van der Waals surface area contributed by atoms with Crippen molar-refractivity contribution in [3.05, 3.63) is 0 Å². The number of rotatable bonds is 2. The number of aliphatic carboxylic acids is 2. The second-order valence-corrected chi connectivity index (χ2v) is 1.99. The molecule has 0 aliphatic rings. The van der Waals surface area contributed by atoms with Crippen molar-refractivity contribution in [2.24, 2.45) is 0 Å². The quantitative estimate of drug-likeness (QED) is 0.468.